The minimum absolute atomic E-state index is 0.000463. The molecule has 0 fully saturated rings. The Labute approximate surface area is 116 Å². The van der Waals surface area contributed by atoms with Crippen LogP contribution >= 0.6 is 0 Å². The fraction of sp³-hybridized carbons (Fsp3) is 0.500. The molecule has 1 amide bonds. The molecule has 20 heavy (non-hydrogen) atoms. The van der Waals surface area contributed by atoms with E-state index < -0.39 is 25.2 Å². The normalized spacial score (nSPS) is 11.4. The Balaban J connectivity index is 2.58. The highest BCUT2D eigenvalue weighted by Crippen LogP contribution is 2.17. The van der Waals surface area contributed by atoms with Gasteiger partial charge in [-0.25, -0.2) is 0 Å². The van der Waals surface area contributed by atoms with Gasteiger partial charge in [-0.3, -0.25) is 4.79 Å². The summed E-state index contributed by atoms with van der Waals surface area (Å²) in [6.07, 6.45) is -4.06. The molecule has 112 valence electrons. The standard InChI is InChI=1S/C14H18F3NO2/c1-11-3-2-4-12(9-11)5-6-13(20)18(7-8-19)10-14(15,16)17/h2-4,9,19H,5-8,10H2,1H3. The summed E-state index contributed by atoms with van der Waals surface area (Å²) in [6, 6.07) is 7.48. The Morgan fingerprint density at radius 2 is 2.05 bits per heavy atom. The number of aryl methyl sites for hydroxylation is 2. The molecule has 0 atom stereocenters. The number of benzene rings is 1. The van der Waals surface area contributed by atoms with Crippen LogP contribution in [0.2, 0.25) is 0 Å². The number of carbonyl (C=O) groups is 1. The van der Waals surface area contributed by atoms with E-state index in [0.29, 0.717) is 11.3 Å². The first-order chi connectivity index (χ1) is 9.31. The van der Waals surface area contributed by atoms with E-state index in [1.807, 2.05) is 31.2 Å². The van der Waals surface area contributed by atoms with Gasteiger partial charge in [-0.15, -0.1) is 0 Å². The first-order valence-electron chi connectivity index (χ1n) is 6.33. The summed E-state index contributed by atoms with van der Waals surface area (Å²) in [4.78, 5) is 12.4. The predicted octanol–water partition coefficient (Wildman–Crippen LogP) is 2.31. The fourth-order valence-electron chi connectivity index (χ4n) is 1.91. The van der Waals surface area contributed by atoms with E-state index >= 15 is 0 Å². The number of halogens is 3. The number of aliphatic hydroxyl groups is 1. The molecule has 0 aliphatic carbocycles. The molecule has 0 aromatic heterocycles. The van der Waals surface area contributed by atoms with Gasteiger partial charge in [0.1, 0.15) is 6.54 Å². The lowest BCUT2D eigenvalue weighted by Crippen LogP contribution is -2.40. The molecule has 0 bridgehead atoms. The largest absolute Gasteiger partial charge is 0.406 e. The van der Waals surface area contributed by atoms with Crippen molar-refractivity contribution in [3.8, 4) is 0 Å². The van der Waals surface area contributed by atoms with E-state index in [4.69, 9.17) is 5.11 Å². The molecule has 1 rings (SSSR count). The molecular weight excluding hydrogens is 271 g/mol. The van der Waals surface area contributed by atoms with E-state index in [-0.39, 0.29) is 13.0 Å². The van der Waals surface area contributed by atoms with Gasteiger partial charge < -0.3 is 10.0 Å². The molecule has 0 saturated heterocycles. The number of hydrogen-bond donors (Lipinski definition) is 1. The maximum Gasteiger partial charge on any atom is 0.406 e. The summed E-state index contributed by atoms with van der Waals surface area (Å²) in [5.41, 5.74) is 1.95. The van der Waals surface area contributed by atoms with Crippen LogP contribution < -0.4 is 0 Å². The highest BCUT2D eigenvalue weighted by atomic mass is 19.4. The number of amides is 1. The van der Waals surface area contributed by atoms with Crippen LogP contribution in [0.1, 0.15) is 17.5 Å². The summed E-state index contributed by atoms with van der Waals surface area (Å²) < 4.78 is 37.0. The fourth-order valence-corrected chi connectivity index (χ4v) is 1.91. The number of carbonyl (C=O) groups excluding carboxylic acids is 1. The van der Waals surface area contributed by atoms with Gasteiger partial charge in [-0.2, -0.15) is 13.2 Å². The second-order valence-corrected chi connectivity index (χ2v) is 4.64. The van der Waals surface area contributed by atoms with Crippen LogP contribution in [0.3, 0.4) is 0 Å². The summed E-state index contributed by atoms with van der Waals surface area (Å²) in [5, 5.41) is 8.74. The van der Waals surface area contributed by atoms with Gasteiger partial charge in [0.2, 0.25) is 5.91 Å². The first kappa shape index (κ1) is 16.5. The molecule has 0 aliphatic heterocycles. The van der Waals surface area contributed by atoms with Crippen LogP contribution in [0.5, 0.6) is 0 Å². The van der Waals surface area contributed by atoms with Crippen molar-refractivity contribution >= 4 is 5.91 Å². The minimum atomic E-state index is -4.45. The average Bonchev–Trinajstić information content (AvgIpc) is 2.34. The SMILES string of the molecule is Cc1cccc(CCC(=O)N(CCO)CC(F)(F)F)c1. The lowest BCUT2D eigenvalue weighted by atomic mass is 10.1. The van der Waals surface area contributed by atoms with Crippen LogP contribution in [0.25, 0.3) is 0 Å². The summed E-state index contributed by atoms with van der Waals surface area (Å²) in [7, 11) is 0. The third kappa shape index (κ3) is 6.06. The maximum atomic E-state index is 12.3. The van der Waals surface area contributed by atoms with Crippen LogP contribution in [0.15, 0.2) is 24.3 Å². The van der Waals surface area contributed by atoms with E-state index in [9.17, 15) is 18.0 Å². The third-order valence-corrected chi connectivity index (χ3v) is 2.80. The number of hydrogen-bond acceptors (Lipinski definition) is 2. The van der Waals surface area contributed by atoms with E-state index in [1.54, 1.807) is 0 Å². The molecule has 0 radical (unpaired) electrons. The summed E-state index contributed by atoms with van der Waals surface area (Å²) >= 11 is 0. The monoisotopic (exact) mass is 289 g/mol. The number of nitrogens with zero attached hydrogens (tertiary/aromatic N) is 1. The second kappa shape index (κ2) is 7.28. The molecule has 0 aliphatic rings. The highest BCUT2D eigenvalue weighted by Gasteiger charge is 2.32. The Hall–Kier alpha value is -1.56. The third-order valence-electron chi connectivity index (χ3n) is 2.80. The Morgan fingerprint density at radius 1 is 1.35 bits per heavy atom. The van der Waals surface area contributed by atoms with Gasteiger partial charge in [-0.1, -0.05) is 29.8 Å². The molecule has 6 heteroatoms. The van der Waals surface area contributed by atoms with Crippen molar-refractivity contribution < 1.29 is 23.1 Å². The van der Waals surface area contributed by atoms with Gasteiger partial charge >= 0.3 is 6.18 Å². The van der Waals surface area contributed by atoms with Crippen molar-refractivity contribution in [2.45, 2.75) is 25.9 Å². The Morgan fingerprint density at radius 3 is 2.60 bits per heavy atom. The van der Waals surface area contributed by atoms with Crippen molar-refractivity contribution in [3.05, 3.63) is 35.4 Å². The van der Waals surface area contributed by atoms with Gasteiger partial charge in [-0.05, 0) is 18.9 Å². The molecule has 0 unspecified atom stereocenters. The van der Waals surface area contributed by atoms with Crippen LogP contribution in [-0.2, 0) is 11.2 Å². The van der Waals surface area contributed by atoms with E-state index in [0.717, 1.165) is 11.1 Å². The van der Waals surface area contributed by atoms with Crippen molar-refractivity contribution in [3.63, 3.8) is 0 Å². The van der Waals surface area contributed by atoms with E-state index in [1.165, 1.54) is 0 Å². The highest BCUT2D eigenvalue weighted by molar-refractivity contribution is 5.76. The van der Waals surface area contributed by atoms with Crippen molar-refractivity contribution in [2.24, 2.45) is 0 Å². The lowest BCUT2D eigenvalue weighted by Gasteiger charge is -2.23. The zero-order valence-corrected chi connectivity index (χ0v) is 11.3. The molecular formula is C14H18F3NO2. The zero-order chi connectivity index (χ0) is 15.2. The maximum absolute atomic E-state index is 12.3. The van der Waals surface area contributed by atoms with Crippen molar-refractivity contribution in [1.82, 2.24) is 4.90 Å². The smallest absolute Gasteiger partial charge is 0.395 e. The molecule has 3 nitrogen and oxygen atoms in total. The molecule has 0 heterocycles. The molecule has 1 N–H and O–H groups in total. The minimum Gasteiger partial charge on any atom is -0.395 e. The summed E-state index contributed by atoms with van der Waals surface area (Å²) in [5.74, 6) is -0.599. The molecule has 0 spiro atoms. The average molecular weight is 289 g/mol. The number of aliphatic hydroxyl groups excluding tert-OH is 1. The quantitative estimate of drug-likeness (QED) is 0.873. The topological polar surface area (TPSA) is 40.5 Å². The van der Waals surface area contributed by atoms with Crippen LogP contribution in [-0.4, -0.2) is 41.8 Å². The first-order valence-corrected chi connectivity index (χ1v) is 6.33. The van der Waals surface area contributed by atoms with Crippen LogP contribution in [0.4, 0.5) is 13.2 Å². The zero-order valence-electron chi connectivity index (χ0n) is 11.3. The van der Waals surface area contributed by atoms with Crippen molar-refractivity contribution in [1.29, 1.82) is 0 Å². The van der Waals surface area contributed by atoms with Gasteiger partial charge in [0.15, 0.2) is 0 Å². The van der Waals surface area contributed by atoms with Crippen molar-refractivity contribution in [2.75, 3.05) is 19.7 Å². The summed E-state index contributed by atoms with van der Waals surface area (Å²) in [6.45, 7) is -0.189. The number of rotatable bonds is 6. The van der Waals surface area contributed by atoms with Crippen LogP contribution in [0, 0.1) is 6.92 Å². The molecule has 0 saturated carbocycles. The van der Waals surface area contributed by atoms with Gasteiger partial charge in [0, 0.05) is 13.0 Å². The molecule has 1 aromatic rings. The Bertz CT molecular complexity index is 446. The van der Waals surface area contributed by atoms with E-state index in [2.05, 4.69) is 0 Å². The number of alkyl halides is 3. The Kier molecular flexibility index (Phi) is 6.01. The molecule has 1 aromatic carbocycles. The second-order valence-electron chi connectivity index (χ2n) is 4.64. The predicted molar refractivity (Wildman–Crippen MR) is 69.2 cm³/mol. The lowest BCUT2D eigenvalue weighted by molar-refractivity contribution is -0.162. The van der Waals surface area contributed by atoms with Gasteiger partial charge in [0.25, 0.3) is 0 Å². The van der Waals surface area contributed by atoms with Gasteiger partial charge in [0.05, 0.1) is 6.61 Å².